The molecule has 1 aliphatic heterocycles. The number of thioether (sulfide) groups is 1. The van der Waals surface area contributed by atoms with Gasteiger partial charge in [0.05, 0.1) is 0 Å². The zero-order valence-electron chi connectivity index (χ0n) is 7.14. The average molecular weight is 199 g/mol. The maximum absolute atomic E-state index is 10.6. The molecule has 13 heavy (non-hydrogen) atoms. The van der Waals surface area contributed by atoms with Gasteiger partial charge in [-0.15, -0.1) is 0 Å². The normalized spacial score (nSPS) is 17.0. The minimum Gasteiger partial charge on any atom is -0.358 e. The summed E-state index contributed by atoms with van der Waals surface area (Å²) in [6, 6.07) is 0.271. The number of hydrogen-bond acceptors (Lipinski definition) is 4. The number of nitrogens with zero attached hydrogens (tertiary/aromatic N) is 3. The molecule has 1 saturated heterocycles. The topological polar surface area (TPSA) is 61.0 Å². The molecule has 1 aromatic rings. The first kappa shape index (κ1) is 8.55. The van der Waals surface area contributed by atoms with Gasteiger partial charge in [-0.1, -0.05) is 0 Å². The zero-order valence-corrected chi connectivity index (χ0v) is 7.95. The summed E-state index contributed by atoms with van der Waals surface area (Å²) in [7, 11) is 0. The Morgan fingerprint density at radius 1 is 1.77 bits per heavy atom. The number of aromatic nitrogens is 2. The second kappa shape index (κ2) is 3.02. The number of hydrogen-bond donors (Lipinski definition) is 0. The van der Waals surface area contributed by atoms with Crippen LogP contribution in [0.2, 0.25) is 0 Å². The van der Waals surface area contributed by atoms with Crippen LogP contribution in [0.25, 0.3) is 0 Å². The Morgan fingerprint density at radius 2 is 2.46 bits per heavy atom. The number of nitro groups is 1. The van der Waals surface area contributed by atoms with Crippen LogP contribution < -0.4 is 0 Å². The molecule has 0 aromatic carbocycles. The van der Waals surface area contributed by atoms with Crippen LogP contribution >= 0.6 is 11.8 Å². The Labute approximate surface area is 79.3 Å². The molecular formula is C7H9N3O2S. The van der Waals surface area contributed by atoms with Gasteiger partial charge in [-0.25, -0.2) is 9.55 Å². The van der Waals surface area contributed by atoms with Crippen molar-refractivity contribution in [2.45, 2.75) is 13.0 Å². The van der Waals surface area contributed by atoms with Crippen molar-refractivity contribution in [2.24, 2.45) is 0 Å². The smallest absolute Gasteiger partial charge is 0.343 e. The minimum absolute atomic E-state index is 0.114. The van der Waals surface area contributed by atoms with Gasteiger partial charge in [0.2, 0.25) is 0 Å². The fraction of sp³-hybridized carbons (Fsp3) is 0.571. The number of rotatable bonds is 2. The lowest BCUT2D eigenvalue weighted by Crippen LogP contribution is -2.24. The van der Waals surface area contributed by atoms with E-state index in [0.29, 0.717) is 0 Å². The molecule has 2 heterocycles. The molecule has 0 atom stereocenters. The highest BCUT2D eigenvalue weighted by Gasteiger charge is 2.31. The maximum Gasteiger partial charge on any atom is 0.343 e. The van der Waals surface area contributed by atoms with Gasteiger partial charge in [0.15, 0.2) is 5.82 Å². The third kappa shape index (κ3) is 1.31. The number of aryl methyl sites for hydroxylation is 1. The van der Waals surface area contributed by atoms with Crippen LogP contribution in [0.4, 0.5) is 5.82 Å². The minimum atomic E-state index is -0.372. The lowest BCUT2D eigenvalue weighted by atomic mass is 10.3. The van der Waals surface area contributed by atoms with E-state index >= 15 is 0 Å². The lowest BCUT2D eigenvalue weighted by molar-refractivity contribution is -0.392. The second-order valence-corrected chi connectivity index (χ2v) is 4.06. The van der Waals surface area contributed by atoms with Crippen LogP contribution in [-0.2, 0) is 0 Å². The van der Waals surface area contributed by atoms with E-state index in [1.807, 2.05) is 0 Å². The van der Waals surface area contributed by atoms with Crippen molar-refractivity contribution < 1.29 is 4.92 Å². The maximum atomic E-state index is 10.6. The van der Waals surface area contributed by atoms with Gasteiger partial charge in [-0.3, -0.25) is 0 Å². The van der Waals surface area contributed by atoms with Crippen molar-refractivity contribution in [3.8, 4) is 0 Å². The van der Waals surface area contributed by atoms with E-state index in [9.17, 15) is 10.1 Å². The summed E-state index contributed by atoms with van der Waals surface area (Å²) < 4.78 is 1.72. The summed E-state index contributed by atoms with van der Waals surface area (Å²) >= 11 is 1.80. The Hall–Kier alpha value is -1.04. The molecular weight excluding hydrogens is 190 g/mol. The molecule has 0 radical (unpaired) electrons. The predicted octanol–water partition coefficient (Wildman–Crippen LogP) is 1.39. The van der Waals surface area contributed by atoms with E-state index in [1.165, 1.54) is 6.20 Å². The van der Waals surface area contributed by atoms with Crippen molar-refractivity contribution in [3.05, 3.63) is 22.1 Å². The second-order valence-electron chi connectivity index (χ2n) is 2.98. The molecule has 1 fully saturated rings. The Bertz CT molecular complexity index is 346. The van der Waals surface area contributed by atoms with E-state index in [0.717, 1.165) is 17.3 Å². The van der Waals surface area contributed by atoms with Gasteiger partial charge in [0, 0.05) is 18.4 Å². The SMILES string of the molecule is Cc1ncc([N+](=O)[O-])n1C1CSC1. The standard InChI is InChI=1S/C7H9N3O2S/c1-5-8-2-7(10(11)12)9(5)6-3-13-4-6/h2,6H,3-4H2,1H3. The highest BCUT2D eigenvalue weighted by Crippen LogP contribution is 2.33. The van der Waals surface area contributed by atoms with Crippen LogP contribution in [0.5, 0.6) is 0 Å². The van der Waals surface area contributed by atoms with Crippen LogP contribution in [0.3, 0.4) is 0 Å². The third-order valence-corrected chi connectivity index (χ3v) is 3.38. The van der Waals surface area contributed by atoms with Gasteiger partial charge in [-0.05, 0) is 4.92 Å². The van der Waals surface area contributed by atoms with Gasteiger partial charge >= 0.3 is 5.82 Å². The molecule has 6 heteroatoms. The van der Waals surface area contributed by atoms with Gasteiger partial charge in [-0.2, -0.15) is 11.8 Å². The fourth-order valence-corrected chi connectivity index (χ4v) is 2.14. The third-order valence-electron chi connectivity index (χ3n) is 2.13. The molecule has 0 unspecified atom stereocenters. The molecule has 0 spiro atoms. The largest absolute Gasteiger partial charge is 0.358 e. The van der Waals surface area contributed by atoms with Gasteiger partial charge in [0.1, 0.15) is 12.2 Å². The van der Waals surface area contributed by atoms with E-state index in [2.05, 4.69) is 4.98 Å². The summed E-state index contributed by atoms with van der Waals surface area (Å²) in [5, 5.41) is 10.6. The molecule has 0 amide bonds. The Balaban J connectivity index is 2.39. The molecule has 0 saturated carbocycles. The van der Waals surface area contributed by atoms with E-state index in [4.69, 9.17) is 0 Å². The Morgan fingerprint density at radius 3 is 2.92 bits per heavy atom. The van der Waals surface area contributed by atoms with Gasteiger partial charge < -0.3 is 10.1 Å². The molecule has 2 rings (SSSR count). The van der Waals surface area contributed by atoms with E-state index < -0.39 is 0 Å². The first-order chi connectivity index (χ1) is 6.20. The highest BCUT2D eigenvalue weighted by atomic mass is 32.2. The molecule has 0 N–H and O–H groups in total. The van der Waals surface area contributed by atoms with Crippen molar-refractivity contribution in [3.63, 3.8) is 0 Å². The summed E-state index contributed by atoms with van der Waals surface area (Å²) in [4.78, 5) is 14.2. The first-order valence-electron chi connectivity index (χ1n) is 3.96. The summed E-state index contributed by atoms with van der Waals surface area (Å²) in [5.74, 6) is 2.76. The molecule has 1 aliphatic rings. The van der Waals surface area contributed by atoms with Crippen LogP contribution in [0.15, 0.2) is 6.20 Å². The summed E-state index contributed by atoms with van der Waals surface area (Å²) in [6.45, 7) is 1.80. The van der Waals surface area contributed by atoms with Crippen molar-refractivity contribution >= 4 is 17.6 Å². The van der Waals surface area contributed by atoms with Crippen LogP contribution in [0, 0.1) is 17.0 Å². The van der Waals surface area contributed by atoms with Crippen LogP contribution in [0.1, 0.15) is 11.9 Å². The first-order valence-corrected chi connectivity index (χ1v) is 5.11. The average Bonchev–Trinajstić information content (AvgIpc) is 2.30. The molecule has 5 nitrogen and oxygen atoms in total. The van der Waals surface area contributed by atoms with E-state index in [1.54, 1.807) is 23.3 Å². The molecule has 0 bridgehead atoms. The quantitative estimate of drug-likeness (QED) is 0.533. The molecule has 70 valence electrons. The van der Waals surface area contributed by atoms with Crippen molar-refractivity contribution in [2.75, 3.05) is 11.5 Å². The van der Waals surface area contributed by atoms with Crippen LogP contribution in [-0.4, -0.2) is 26.0 Å². The van der Waals surface area contributed by atoms with Crippen molar-refractivity contribution in [1.82, 2.24) is 9.55 Å². The van der Waals surface area contributed by atoms with E-state index in [-0.39, 0.29) is 16.8 Å². The lowest BCUT2D eigenvalue weighted by Gasteiger charge is -2.23. The summed E-state index contributed by atoms with van der Waals surface area (Å²) in [5.41, 5.74) is 0. The van der Waals surface area contributed by atoms with Gasteiger partial charge in [0.25, 0.3) is 0 Å². The molecule has 1 aromatic heterocycles. The fourth-order valence-electron chi connectivity index (χ4n) is 1.40. The predicted molar refractivity (Wildman–Crippen MR) is 50.0 cm³/mol. The molecule has 0 aliphatic carbocycles. The highest BCUT2D eigenvalue weighted by molar-refractivity contribution is 8.00. The number of imidazole rings is 1. The summed E-state index contributed by atoms with van der Waals surface area (Å²) in [6.07, 6.45) is 1.33. The van der Waals surface area contributed by atoms with Crippen molar-refractivity contribution in [1.29, 1.82) is 0 Å². The monoisotopic (exact) mass is 199 g/mol. The Kier molecular flexibility index (Phi) is 1.99. The zero-order chi connectivity index (χ0) is 9.42.